The van der Waals surface area contributed by atoms with Gasteiger partial charge < -0.3 is 9.64 Å². The third kappa shape index (κ3) is 3.83. The summed E-state index contributed by atoms with van der Waals surface area (Å²) in [6, 6.07) is 11.5. The van der Waals surface area contributed by atoms with Crippen molar-refractivity contribution in [3.63, 3.8) is 0 Å². The van der Waals surface area contributed by atoms with Crippen molar-refractivity contribution in [2.75, 3.05) is 13.1 Å². The zero-order valence-corrected chi connectivity index (χ0v) is 19.6. The molecule has 1 aliphatic rings. The number of rotatable bonds is 4. The molecule has 0 aliphatic carbocycles. The number of benzene rings is 1. The molecule has 1 aliphatic heterocycles. The average molecular weight is 472 g/mol. The fraction of sp³-hybridized carbons (Fsp3) is 0.280. The first kappa shape index (κ1) is 21.8. The lowest BCUT2D eigenvalue weighted by atomic mass is 10.1. The highest BCUT2D eigenvalue weighted by atomic mass is 35.5. The van der Waals surface area contributed by atoms with E-state index in [0.717, 1.165) is 34.5 Å². The van der Waals surface area contributed by atoms with Gasteiger partial charge in [0.1, 0.15) is 17.4 Å². The monoisotopic (exact) mass is 471 g/mol. The molecular formula is C25H22ClN7O. The third-order valence-electron chi connectivity index (χ3n) is 6.26. The van der Waals surface area contributed by atoms with E-state index in [-0.39, 0.29) is 6.10 Å². The molecule has 1 atom stereocenters. The van der Waals surface area contributed by atoms with E-state index in [2.05, 4.69) is 24.3 Å². The van der Waals surface area contributed by atoms with Gasteiger partial charge in [-0.15, -0.1) is 0 Å². The molecule has 8 nitrogen and oxygen atoms in total. The summed E-state index contributed by atoms with van der Waals surface area (Å²) in [4.78, 5) is 1.76. The number of hydrogen-bond acceptors (Lipinski definition) is 6. The van der Waals surface area contributed by atoms with Crippen LogP contribution in [0.15, 0.2) is 42.7 Å². The smallest absolute Gasteiger partial charge is 0.179 e. The lowest BCUT2D eigenvalue weighted by Crippen LogP contribution is -2.21. The molecule has 4 heterocycles. The van der Waals surface area contributed by atoms with E-state index in [0.29, 0.717) is 41.5 Å². The van der Waals surface area contributed by atoms with Crippen LogP contribution in [0.25, 0.3) is 16.8 Å². The van der Waals surface area contributed by atoms with Gasteiger partial charge in [0.2, 0.25) is 0 Å². The summed E-state index contributed by atoms with van der Waals surface area (Å²) < 4.78 is 10.1. The molecule has 0 fully saturated rings. The number of fused-ring (bicyclic) bond motifs is 2. The van der Waals surface area contributed by atoms with Crippen molar-refractivity contribution in [3.8, 4) is 29.3 Å². The van der Waals surface area contributed by atoms with Crippen LogP contribution < -0.4 is 4.74 Å². The van der Waals surface area contributed by atoms with E-state index in [1.165, 1.54) is 0 Å². The second-order valence-electron chi connectivity index (χ2n) is 8.36. The maximum absolute atomic E-state index is 9.25. The standard InChI is InChI=1S/C25H22ClN7O/c1-16-22-6-7-31(15-28)8-9-32(22)30-24(16)20-11-23(25-21(26)13-29-33(25)14-20)34-17(2)19-5-3-4-18(10-19)12-27/h3-5,10-11,13-14,17H,6-9H2,1-2H3. The summed E-state index contributed by atoms with van der Waals surface area (Å²) in [6.45, 7) is 5.99. The topological polar surface area (TPSA) is 95.2 Å². The maximum Gasteiger partial charge on any atom is 0.179 e. The van der Waals surface area contributed by atoms with Crippen molar-refractivity contribution in [1.82, 2.24) is 24.3 Å². The van der Waals surface area contributed by atoms with Gasteiger partial charge in [-0.3, -0.25) is 4.68 Å². The van der Waals surface area contributed by atoms with Gasteiger partial charge >= 0.3 is 0 Å². The number of ether oxygens (including phenoxy) is 1. The van der Waals surface area contributed by atoms with Crippen LogP contribution in [0, 0.1) is 29.7 Å². The Morgan fingerprint density at radius 2 is 2.03 bits per heavy atom. The first-order valence-corrected chi connectivity index (χ1v) is 11.4. The molecule has 0 saturated carbocycles. The van der Waals surface area contributed by atoms with Crippen LogP contribution in [-0.2, 0) is 13.0 Å². The van der Waals surface area contributed by atoms with Gasteiger partial charge in [0, 0.05) is 37.0 Å². The highest BCUT2D eigenvalue weighted by molar-refractivity contribution is 6.34. The normalized spacial score (nSPS) is 14.2. The third-order valence-corrected chi connectivity index (χ3v) is 6.53. The molecule has 4 aromatic rings. The summed E-state index contributed by atoms with van der Waals surface area (Å²) in [5.41, 5.74) is 6.10. The minimum atomic E-state index is -0.310. The Morgan fingerprint density at radius 3 is 2.82 bits per heavy atom. The van der Waals surface area contributed by atoms with Crippen molar-refractivity contribution >= 4 is 17.1 Å². The second-order valence-corrected chi connectivity index (χ2v) is 8.76. The first-order chi connectivity index (χ1) is 16.5. The van der Waals surface area contributed by atoms with Crippen LogP contribution in [0.5, 0.6) is 5.75 Å². The van der Waals surface area contributed by atoms with Crippen molar-refractivity contribution in [2.24, 2.45) is 0 Å². The SMILES string of the molecule is Cc1c(-c2cc(OC(C)c3cccc(C#N)c3)c3c(Cl)cnn3c2)nn2c1CCN(C#N)CC2. The minimum Gasteiger partial charge on any atom is -0.484 e. The summed E-state index contributed by atoms with van der Waals surface area (Å²) in [5, 5.41) is 28.3. The van der Waals surface area contributed by atoms with Crippen LogP contribution in [0.4, 0.5) is 0 Å². The minimum absolute atomic E-state index is 0.310. The van der Waals surface area contributed by atoms with Crippen molar-refractivity contribution in [3.05, 3.63) is 70.1 Å². The molecule has 0 N–H and O–H groups in total. The Hall–Kier alpha value is -4.01. The molecule has 1 aromatic carbocycles. The number of nitriles is 2. The van der Waals surface area contributed by atoms with Gasteiger partial charge in [0.05, 0.1) is 35.1 Å². The number of halogens is 1. The van der Waals surface area contributed by atoms with E-state index in [9.17, 15) is 10.5 Å². The zero-order chi connectivity index (χ0) is 23.8. The highest BCUT2D eigenvalue weighted by Gasteiger charge is 2.22. The number of nitrogens with zero attached hydrogens (tertiary/aromatic N) is 7. The van der Waals surface area contributed by atoms with Crippen LogP contribution in [0.1, 0.15) is 35.4 Å². The Labute approximate surface area is 202 Å². The fourth-order valence-corrected chi connectivity index (χ4v) is 4.64. The molecule has 3 aromatic heterocycles. The van der Waals surface area contributed by atoms with Crippen LogP contribution in [0.2, 0.25) is 5.02 Å². The summed E-state index contributed by atoms with van der Waals surface area (Å²) >= 11 is 6.46. The van der Waals surface area contributed by atoms with Gasteiger partial charge in [0.25, 0.3) is 0 Å². The molecule has 1 unspecified atom stereocenters. The van der Waals surface area contributed by atoms with Crippen LogP contribution in [-0.4, -0.2) is 37.4 Å². The zero-order valence-electron chi connectivity index (χ0n) is 18.9. The molecule has 0 bridgehead atoms. The van der Waals surface area contributed by atoms with Gasteiger partial charge in [-0.05, 0) is 43.2 Å². The lowest BCUT2D eigenvalue weighted by Gasteiger charge is -2.17. The number of aromatic nitrogens is 4. The highest BCUT2D eigenvalue weighted by Crippen LogP contribution is 2.36. The van der Waals surface area contributed by atoms with Gasteiger partial charge in [-0.25, -0.2) is 4.52 Å². The van der Waals surface area contributed by atoms with Crippen molar-refractivity contribution < 1.29 is 4.74 Å². The first-order valence-electron chi connectivity index (χ1n) is 11.0. The molecule has 170 valence electrons. The van der Waals surface area contributed by atoms with Crippen molar-refractivity contribution in [2.45, 2.75) is 32.9 Å². The van der Waals surface area contributed by atoms with Crippen LogP contribution in [0.3, 0.4) is 0 Å². The molecule has 5 rings (SSSR count). The Bertz CT molecular complexity index is 1470. The van der Waals surface area contributed by atoms with E-state index in [1.54, 1.807) is 21.7 Å². The Morgan fingerprint density at radius 1 is 1.18 bits per heavy atom. The van der Waals surface area contributed by atoms with E-state index in [4.69, 9.17) is 21.4 Å². The Kier molecular flexibility index (Phi) is 5.61. The number of hydrogen-bond donors (Lipinski definition) is 0. The summed E-state index contributed by atoms with van der Waals surface area (Å²) in [7, 11) is 0. The average Bonchev–Trinajstić information content (AvgIpc) is 3.30. The van der Waals surface area contributed by atoms with Gasteiger partial charge in [-0.2, -0.15) is 20.7 Å². The van der Waals surface area contributed by atoms with E-state index in [1.807, 2.05) is 42.1 Å². The lowest BCUT2D eigenvalue weighted by molar-refractivity contribution is 0.229. The largest absolute Gasteiger partial charge is 0.484 e. The van der Waals surface area contributed by atoms with E-state index >= 15 is 0 Å². The molecule has 0 amide bonds. The van der Waals surface area contributed by atoms with E-state index < -0.39 is 0 Å². The van der Waals surface area contributed by atoms with Gasteiger partial charge in [0.15, 0.2) is 6.19 Å². The summed E-state index contributed by atoms with van der Waals surface area (Å²) in [6.07, 6.45) is 6.19. The molecular weight excluding hydrogens is 450 g/mol. The Balaban J connectivity index is 1.55. The molecule has 9 heteroatoms. The fourth-order valence-electron chi connectivity index (χ4n) is 4.42. The predicted molar refractivity (Wildman–Crippen MR) is 127 cm³/mol. The number of pyridine rings is 1. The van der Waals surface area contributed by atoms with Gasteiger partial charge in [-0.1, -0.05) is 23.7 Å². The quantitative estimate of drug-likeness (QED) is 0.406. The summed E-state index contributed by atoms with van der Waals surface area (Å²) in [5.74, 6) is 0.591. The van der Waals surface area contributed by atoms with Crippen LogP contribution >= 0.6 is 11.6 Å². The van der Waals surface area contributed by atoms with Crippen molar-refractivity contribution in [1.29, 1.82) is 10.5 Å². The molecule has 0 radical (unpaired) electrons. The second kappa shape index (κ2) is 8.74. The molecule has 0 saturated heterocycles. The molecule has 34 heavy (non-hydrogen) atoms. The molecule has 0 spiro atoms. The maximum atomic E-state index is 9.25. The predicted octanol–water partition coefficient (Wildman–Crippen LogP) is 4.51.